The average molecular weight is 262 g/mol. The number of hydrogen-bond donors (Lipinski definition) is 0. The first kappa shape index (κ1) is 13.1. The lowest BCUT2D eigenvalue weighted by atomic mass is 10.1. The topological polar surface area (TPSA) is 26.5 Å². The molecule has 96 valence electrons. The lowest BCUT2D eigenvalue weighted by Crippen LogP contribution is -2.17. The van der Waals surface area contributed by atoms with Crippen molar-refractivity contribution in [3.63, 3.8) is 0 Å². The third kappa shape index (κ3) is 3.31. The molecule has 1 unspecified atom stereocenters. The molecule has 0 aliphatic rings. The van der Waals surface area contributed by atoms with E-state index in [9.17, 15) is 0 Å². The van der Waals surface area contributed by atoms with Crippen LogP contribution in [0.1, 0.15) is 18.5 Å². The number of methoxy groups -OCH3 is 1. The molecule has 0 spiro atoms. The van der Waals surface area contributed by atoms with Crippen molar-refractivity contribution in [1.82, 2.24) is 4.57 Å². The maximum atomic E-state index is 5.10. The molecule has 0 amide bonds. The maximum Gasteiger partial charge on any atom is 0.185 e. The fourth-order valence-electron chi connectivity index (χ4n) is 1.73. The van der Waals surface area contributed by atoms with Crippen molar-refractivity contribution >= 4 is 11.3 Å². The molecule has 0 aliphatic carbocycles. The van der Waals surface area contributed by atoms with Crippen LogP contribution >= 0.6 is 11.3 Å². The Morgan fingerprint density at radius 3 is 2.83 bits per heavy atom. The minimum atomic E-state index is 0.179. The smallest absolute Gasteiger partial charge is 0.185 e. The van der Waals surface area contributed by atoms with Crippen LogP contribution in [0.15, 0.2) is 46.9 Å². The van der Waals surface area contributed by atoms with E-state index in [-0.39, 0.29) is 6.04 Å². The third-order valence-electron chi connectivity index (χ3n) is 2.78. The van der Waals surface area contributed by atoms with Gasteiger partial charge in [-0.3, -0.25) is 4.99 Å². The van der Waals surface area contributed by atoms with Gasteiger partial charge in [0.05, 0.1) is 12.6 Å². The first-order valence-corrected chi connectivity index (χ1v) is 6.91. The summed E-state index contributed by atoms with van der Waals surface area (Å²) in [5, 5.41) is 2.06. The van der Waals surface area contributed by atoms with Gasteiger partial charge in [0.2, 0.25) is 0 Å². The zero-order chi connectivity index (χ0) is 12.8. The molecule has 4 heteroatoms. The Bertz CT molecular complexity index is 530. The Labute approximate surface area is 111 Å². The van der Waals surface area contributed by atoms with E-state index in [0.717, 1.165) is 11.3 Å². The van der Waals surface area contributed by atoms with Gasteiger partial charge in [0.15, 0.2) is 4.80 Å². The van der Waals surface area contributed by atoms with E-state index in [4.69, 9.17) is 9.73 Å². The van der Waals surface area contributed by atoms with Gasteiger partial charge in [-0.05, 0) is 12.5 Å². The minimum absolute atomic E-state index is 0.179. The first-order valence-electron chi connectivity index (χ1n) is 6.03. The van der Waals surface area contributed by atoms with Crippen molar-refractivity contribution in [2.75, 3.05) is 13.7 Å². The molecule has 1 heterocycles. The van der Waals surface area contributed by atoms with Crippen molar-refractivity contribution in [2.24, 2.45) is 4.99 Å². The highest BCUT2D eigenvalue weighted by molar-refractivity contribution is 7.07. The predicted octanol–water partition coefficient (Wildman–Crippen LogP) is 2.86. The number of rotatable bonds is 5. The van der Waals surface area contributed by atoms with E-state index >= 15 is 0 Å². The molecule has 3 nitrogen and oxygen atoms in total. The molecule has 0 radical (unpaired) electrons. The molecule has 0 saturated heterocycles. The Morgan fingerprint density at radius 2 is 2.11 bits per heavy atom. The van der Waals surface area contributed by atoms with E-state index in [2.05, 4.69) is 47.3 Å². The van der Waals surface area contributed by atoms with Crippen LogP contribution in [0.2, 0.25) is 0 Å². The van der Waals surface area contributed by atoms with E-state index in [1.807, 2.05) is 6.07 Å². The van der Waals surface area contributed by atoms with Crippen molar-refractivity contribution in [1.29, 1.82) is 0 Å². The average Bonchev–Trinajstić information content (AvgIpc) is 2.84. The molecule has 0 fully saturated rings. The lowest BCUT2D eigenvalue weighted by molar-refractivity contribution is 0.186. The first-order chi connectivity index (χ1) is 8.81. The van der Waals surface area contributed by atoms with Gasteiger partial charge in [0.1, 0.15) is 0 Å². The second-order valence-electron chi connectivity index (χ2n) is 4.09. The second kappa shape index (κ2) is 6.52. The van der Waals surface area contributed by atoms with Crippen LogP contribution in [0, 0.1) is 0 Å². The zero-order valence-corrected chi connectivity index (χ0v) is 11.6. The fraction of sp³-hybridized carbons (Fsp3) is 0.357. The zero-order valence-electron chi connectivity index (χ0n) is 10.7. The SMILES string of the molecule is COCCn1ccsc1=NC(C)c1ccccc1. The number of ether oxygens (including phenoxy) is 1. The number of thiazole rings is 1. The van der Waals surface area contributed by atoms with Crippen LogP contribution in [0.4, 0.5) is 0 Å². The highest BCUT2D eigenvalue weighted by Gasteiger charge is 2.03. The molecule has 2 aromatic rings. The van der Waals surface area contributed by atoms with Crippen LogP contribution in [-0.4, -0.2) is 18.3 Å². The van der Waals surface area contributed by atoms with Crippen LogP contribution in [0.25, 0.3) is 0 Å². The Hall–Kier alpha value is -1.39. The summed E-state index contributed by atoms with van der Waals surface area (Å²) < 4.78 is 7.23. The van der Waals surface area contributed by atoms with Crippen LogP contribution in [0.5, 0.6) is 0 Å². The van der Waals surface area contributed by atoms with Gasteiger partial charge in [0, 0.05) is 25.2 Å². The highest BCUT2D eigenvalue weighted by atomic mass is 32.1. The molecular formula is C14H18N2OS. The van der Waals surface area contributed by atoms with Crippen LogP contribution < -0.4 is 4.80 Å². The summed E-state index contributed by atoms with van der Waals surface area (Å²) in [4.78, 5) is 5.81. The third-order valence-corrected chi connectivity index (χ3v) is 3.59. The molecule has 0 N–H and O–H groups in total. The largest absolute Gasteiger partial charge is 0.383 e. The van der Waals surface area contributed by atoms with Gasteiger partial charge in [-0.2, -0.15) is 0 Å². The molecule has 0 aliphatic heterocycles. The van der Waals surface area contributed by atoms with Crippen molar-refractivity contribution in [3.05, 3.63) is 52.3 Å². The van der Waals surface area contributed by atoms with E-state index < -0.39 is 0 Å². The summed E-state index contributed by atoms with van der Waals surface area (Å²) in [6.45, 7) is 3.68. The quantitative estimate of drug-likeness (QED) is 0.814. The second-order valence-corrected chi connectivity index (χ2v) is 4.96. The Kier molecular flexibility index (Phi) is 4.73. The number of aromatic nitrogens is 1. The normalized spacial score (nSPS) is 13.8. The summed E-state index contributed by atoms with van der Waals surface area (Å²) in [6.07, 6.45) is 2.06. The molecule has 18 heavy (non-hydrogen) atoms. The lowest BCUT2D eigenvalue weighted by Gasteiger charge is -2.06. The van der Waals surface area contributed by atoms with Gasteiger partial charge < -0.3 is 9.30 Å². The summed E-state index contributed by atoms with van der Waals surface area (Å²) in [5.74, 6) is 0. The van der Waals surface area contributed by atoms with Crippen LogP contribution in [-0.2, 0) is 11.3 Å². The van der Waals surface area contributed by atoms with E-state index in [1.54, 1.807) is 18.4 Å². The summed E-state index contributed by atoms with van der Waals surface area (Å²) in [5.41, 5.74) is 1.24. The van der Waals surface area contributed by atoms with Crippen molar-refractivity contribution < 1.29 is 4.74 Å². The molecule has 0 saturated carbocycles. The molecule has 0 bridgehead atoms. The molecule has 1 aromatic heterocycles. The molecule has 1 atom stereocenters. The monoisotopic (exact) mass is 262 g/mol. The van der Waals surface area contributed by atoms with Gasteiger partial charge in [-0.15, -0.1) is 11.3 Å². The van der Waals surface area contributed by atoms with E-state index in [0.29, 0.717) is 6.61 Å². The van der Waals surface area contributed by atoms with Crippen LogP contribution in [0.3, 0.4) is 0 Å². The Balaban J connectivity index is 2.20. The highest BCUT2D eigenvalue weighted by Crippen LogP contribution is 2.14. The van der Waals surface area contributed by atoms with Crippen molar-refractivity contribution in [2.45, 2.75) is 19.5 Å². The molecule has 1 aromatic carbocycles. The number of benzene rings is 1. The summed E-state index contributed by atoms with van der Waals surface area (Å²) in [7, 11) is 1.72. The fourth-order valence-corrected chi connectivity index (χ4v) is 2.57. The minimum Gasteiger partial charge on any atom is -0.383 e. The standard InChI is InChI=1S/C14H18N2OS/c1-12(13-6-4-3-5-7-13)15-14-16(8-10-17-2)9-11-18-14/h3-7,9,11-12H,8,10H2,1-2H3. The number of hydrogen-bond acceptors (Lipinski definition) is 3. The van der Waals surface area contributed by atoms with Gasteiger partial charge in [-0.1, -0.05) is 30.3 Å². The van der Waals surface area contributed by atoms with Gasteiger partial charge in [-0.25, -0.2) is 0 Å². The Morgan fingerprint density at radius 1 is 1.33 bits per heavy atom. The molecular weight excluding hydrogens is 244 g/mol. The van der Waals surface area contributed by atoms with Crippen molar-refractivity contribution in [3.8, 4) is 0 Å². The summed E-state index contributed by atoms with van der Waals surface area (Å²) in [6, 6.07) is 10.5. The predicted molar refractivity (Wildman–Crippen MR) is 74.6 cm³/mol. The number of nitrogens with zero attached hydrogens (tertiary/aromatic N) is 2. The van der Waals surface area contributed by atoms with E-state index in [1.165, 1.54) is 5.56 Å². The van der Waals surface area contributed by atoms with Gasteiger partial charge in [0.25, 0.3) is 0 Å². The maximum absolute atomic E-state index is 5.10. The summed E-state index contributed by atoms with van der Waals surface area (Å²) >= 11 is 1.66. The molecule has 2 rings (SSSR count). The van der Waals surface area contributed by atoms with Gasteiger partial charge >= 0.3 is 0 Å².